The molecule has 40 heavy (non-hydrogen) atoms. The molecular formula is C30H30Cl4N4O2. The number of carbonyl (C=O) groups excluding carboxylic acids is 1. The van der Waals surface area contributed by atoms with Crippen molar-refractivity contribution in [3.05, 3.63) is 111 Å². The third kappa shape index (κ3) is 11.4. The number of nitrogens with zero attached hydrogens (tertiary/aromatic N) is 1. The fourth-order valence-electron chi connectivity index (χ4n) is 3.16. The van der Waals surface area contributed by atoms with Crippen LogP contribution in [-0.4, -0.2) is 18.9 Å². The van der Waals surface area contributed by atoms with Crippen LogP contribution in [-0.2, 0) is 4.79 Å². The first-order valence-electron chi connectivity index (χ1n) is 11.9. The number of amides is 1. The number of rotatable bonds is 4. The van der Waals surface area contributed by atoms with Gasteiger partial charge >= 0.3 is 0 Å². The van der Waals surface area contributed by atoms with E-state index in [9.17, 15) is 4.79 Å². The van der Waals surface area contributed by atoms with E-state index in [0.29, 0.717) is 37.3 Å². The fourth-order valence-corrected chi connectivity index (χ4v) is 4.14. The van der Waals surface area contributed by atoms with Crippen LogP contribution in [0.3, 0.4) is 0 Å². The Morgan fingerprint density at radius 2 is 1.32 bits per heavy atom. The van der Waals surface area contributed by atoms with Crippen molar-refractivity contribution in [1.82, 2.24) is 0 Å². The van der Waals surface area contributed by atoms with Crippen LogP contribution in [0.25, 0.3) is 0 Å². The molecule has 0 aliphatic rings. The van der Waals surface area contributed by atoms with Crippen LogP contribution in [0.5, 0.6) is 5.75 Å². The molecule has 0 heterocycles. The number of hydrogen-bond acceptors (Lipinski definition) is 4. The van der Waals surface area contributed by atoms with Crippen molar-refractivity contribution in [3.63, 3.8) is 0 Å². The third-order valence-electron chi connectivity index (χ3n) is 4.92. The molecule has 0 saturated heterocycles. The molecule has 0 aliphatic carbocycles. The molecule has 0 unspecified atom stereocenters. The Kier molecular flexibility index (Phi) is 13.6. The van der Waals surface area contributed by atoms with Gasteiger partial charge in [-0.2, -0.15) is 0 Å². The average Bonchev–Trinajstić information content (AvgIpc) is 2.89. The van der Waals surface area contributed by atoms with Gasteiger partial charge in [-0.1, -0.05) is 76.7 Å². The largest absolute Gasteiger partial charge is 0.497 e. The highest BCUT2D eigenvalue weighted by Gasteiger charge is 2.06. The number of para-hydroxylation sites is 2. The number of nitrogens with two attached hydrogens (primary N) is 1. The van der Waals surface area contributed by atoms with E-state index >= 15 is 0 Å². The summed E-state index contributed by atoms with van der Waals surface area (Å²) in [5, 5.41) is 7.63. The van der Waals surface area contributed by atoms with E-state index in [1.54, 1.807) is 43.5 Å². The first-order chi connectivity index (χ1) is 19.0. The highest BCUT2D eigenvalue weighted by molar-refractivity contribution is 6.40. The van der Waals surface area contributed by atoms with Gasteiger partial charge in [0.1, 0.15) is 17.3 Å². The molecule has 4 aromatic carbocycles. The van der Waals surface area contributed by atoms with Crippen molar-refractivity contribution < 1.29 is 9.53 Å². The molecule has 0 fully saturated rings. The van der Waals surface area contributed by atoms with Crippen LogP contribution in [0.4, 0.5) is 22.7 Å². The molecule has 210 valence electrons. The number of carbonyl (C=O) groups is 1. The number of nitrogens with one attached hydrogen (secondary N) is 2. The van der Waals surface area contributed by atoms with E-state index in [-0.39, 0.29) is 5.91 Å². The van der Waals surface area contributed by atoms with Gasteiger partial charge in [0, 0.05) is 24.4 Å². The summed E-state index contributed by atoms with van der Waals surface area (Å²) in [6.45, 7) is 5.27. The lowest BCUT2D eigenvalue weighted by Gasteiger charge is -2.08. The Hall–Kier alpha value is -3.42. The SMILES string of the molecule is CC(=O)Nc1c(Cl)cccc1Cl.COc1cccc(NC(C)=Nc2c(Cl)cccc2Cl)c1.Cc1cccc(N)c1. The maximum absolute atomic E-state index is 10.7. The summed E-state index contributed by atoms with van der Waals surface area (Å²) in [4.78, 5) is 15.1. The molecule has 4 rings (SSSR count). The van der Waals surface area contributed by atoms with E-state index in [2.05, 4.69) is 15.6 Å². The van der Waals surface area contributed by atoms with Crippen LogP contribution in [0.1, 0.15) is 19.4 Å². The second-order valence-corrected chi connectivity index (χ2v) is 9.95. The minimum absolute atomic E-state index is 0.190. The van der Waals surface area contributed by atoms with Crippen molar-refractivity contribution in [2.24, 2.45) is 4.99 Å². The molecule has 0 aromatic heterocycles. The quantitative estimate of drug-likeness (QED) is 0.120. The lowest BCUT2D eigenvalue weighted by molar-refractivity contribution is -0.114. The Balaban J connectivity index is 0.000000236. The molecule has 1 amide bonds. The zero-order valence-electron chi connectivity index (χ0n) is 22.4. The number of halogens is 4. The molecule has 0 bridgehead atoms. The molecule has 10 heteroatoms. The van der Waals surface area contributed by atoms with E-state index in [1.807, 2.05) is 62.4 Å². The van der Waals surface area contributed by atoms with Gasteiger partial charge in [-0.25, -0.2) is 4.99 Å². The monoisotopic (exact) mass is 618 g/mol. The van der Waals surface area contributed by atoms with Crippen molar-refractivity contribution in [2.75, 3.05) is 23.5 Å². The van der Waals surface area contributed by atoms with Gasteiger partial charge in [0.05, 0.1) is 32.9 Å². The minimum atomic E-state index is -0.190. The Morgan fingerprint density at radius 3 is 1.82 bits per heavy atom. The van der Waals surface area contributed by atoms with E-state index in [1.165, 1.54) is 12.5 Å². The van der Waals surface area contributed by atoms with Crippen LogP contribution in [0.15, 0.2) is 89.9 Å². The van der Waals surface area contributed by atoms with Gasteiger partial charge in [0.25, 0.3) is 0 Å². The second kappa shape index (κ2) is 16.6. The molecule has 0 aliphatic heterocycles. The van der Waals surface area contributed by atoms with Crippen LogP contribution < -0.4 is 21.1 Å². The number of methoxy groups -OCH3 is 1. The summed E-state index contributed by atoms with van der Waals surface area (Å²) in [7, 11) is 1.63. The van der Waals surface area contributed by atoms with Gasteiger partial charge in [0.2, 0.25) is 5.91 Å². The molecular weight excluding hydrogens is 590 g/mol. The normalized spacial score (nSPS) is 10.3. The van der Waals surface area contributed by atoms with Crippen molar-refractivity contribution >= 4 is 80.9 Å². The number of aryl methyl sites for hydroxylation is 1. The number of ether oxygens (including phenoxy) is 1. The number of aliphatic imine (C=N–C) groups is 1. The topological polar surface area (TPSA) is 88.7 Å². The second-order valence-electron chi connectivity index (χ2n) is 8.32. The number of nitrogen functional groups attached to an aromatic ring is 1. The van der Waals surface area contributed by atoms with Crippen molar-refractivity contribution in [1.29, 1.82) is 0 Å². The summed E-state index contributed by atoms with van der Waals surface area (Å²) in [5.41, 5.74) is 9.42. The number of benzene rings is 4. The van der Waals surface area contributed by atoms with Gasteiger partial charge in [0.15, 0.2) is 0 Å². The lowest BCUT2D eigenvalue weighted by Crippen LogP contribution is -2.06. The molecule has 0 radical (unpaired) electrons. The van der Waals surface area contributed by atoms with Crippen LogP contribution in [0.2, 0.25) is 20.1 Å². The number of amidine groups is 1. The Labute approximate surface area is 255 Å². The zero-order valence-corrected chi connectivity index (χ0v) is 25.5. The molecule has 6 nitrogen and oxygen atoms in total. The summed E-state index contributed by atoms with van der Waals surface area (Å²) >= 11 is 23.7. The predicted molar refractivity (Wildman–Crippen MR) is 172 cm³/mol. The zero-order chi connectivity index (χ0) is 29.7. The molecule has 0 spiro atoms. The smallest absolute Gasteiger partial charge is 0.221 e. The predicted octanol–water partition coefficient (Wildman–Crippen LogP) is 9.69. The maximum atomic E-state index is 10.7. The maximum Gasteiger partial charge on any atom is 0.221 e. The van der Waals surface area contributed by atoms with Gasteiger partial charge < -0.3 is 21.1 Å². The third-order valence-corrected chi connectivity index (χ3v) is 6.16. The summed E-state index contributed by atoms with van der Waals surface area (Å²) in [5.74, 6) is 1.27. The summed E-state index contributed by atoms with van der Waals surface area (Å²) in [6.07, 6.45) is 0. The van der Waals surface area contributed by atoms with Gasteiger partial charge in [-0.15, -0.1) is 0 Å². The summed E-state index contributed by atoms with van der Waals surface area (Å²) in [6, 6.07) is 25.7. The average molecular weight is 620 g/mol. The van der Waals surface area contributed by atoms with Gasteiger partial charge in [-0.05, 0) is 67.9 Å². The first-order valence-corrected chi connectivity index (χ1v) is 13.5. The first kappa shape index (κ1) is 32.8. The molecule has 4 aromatic rings. The van der Waals surface area contributed by atoms with Crippen LogP contribution >= 0.6 is 46.4 Å². The number of hydrogen-bond donors (Lipinski definition) is 3. The molecule has 0 saturated carbocycles. The minimum Gasteiger partial charge on any atom is -0.497 e. The number of anilines is 3. The van der Waals surface area contributed by atoms with Gasteiger partial charge in [-0.3, -0.25) is 4.79 Å². The highest BCUT2D eigenvalue weighted by Crippen LogP contribution is 2.33. The van der Waals surface area contributed by atoms with Crippen LogP contribution in [0, 0.1) is 6.92 Å². The van der Waals surface area contributed by atoms with E-state index < -0.39 is 0 Å². The standard InChI is InChI=1S/C15H14Cl2N2O.C8H7Cl2NO.C7H9N/c1-10(18-11-5-3-6-12(9-11)20-2)19-15-13(16)7-4-8-14(15)17;1-5(12)11-8-6(9)3-2-4-7(8)10;1-6-3-2-4-7(8)5-6/h3-9H,1-2H3,(H,18,19);2-4H,1H3,(H,11,12);2-5H,8H2,1H3. The van der Waals surface area contributed by atoms with E-state index in [0.717, 1.165) is 17.1 Å². The molecule has 4 N–H and O–H groups in total. The summed E-state index contributed by atoms with van der Waals surface area (Å²) < 4.78 is 5.17. The molecule has 0 atom stereocenters. The fraction of sp³-hybridized carbons (Fsp3) is 0.133. The lowest BCUT2D eigenvalue weighted by atomic mass is 10.2. The Bertz CT molecular complexity index is 1400. The van der Waals surface area contributed by atoms with Crippen molar-refractivity contribution in [2.45, 2.75) is 20.8 Å². The van der Waals surface area contributed by atoms with Crippen molar-refractivity contribution in [3.8, 4) is 5.75 Å². The Morgan fingerprint density at radius 1 is 0.775 bits per heavy atom. The van der Waals surface area contributed by atoms with E-state index in [4.69, 9.17) is 56.9 Å². The highest BCUT2D eigenvalue weighted by atomic mass is 35.5.